The molecule has 0 saturated heterocycles. The summed E-state index contributed by atoms with van der Waals surface area (Å²) in [5, 5.41) is 3.13. The van der Waals surface area contributed by atoms with Crippen LogP contribution in [0.25, 0.3) is 11.3 Å². The third-order valence-corrected chi connectivity index (χ3v) is 4.22. The number of primary amides is 1. The van der Waals surface area contributed by atoms with Crippen molar-refractivity contribution in [2.24, 2.45) is 5.73 Å². The molecule has 0 fully saturated rings. The number of hydrogen-bond donors (Lipinski definition) is 2. The quantitative estimate of drug-likeness (QED) is 0.501. The molecule has 3 aromatic carbocycles. The van der Waals surface area contributed by atoms with E-state index >= 15 is 0 Å². The van der Waals surface area contributed by atoms with Crippen molar-refractivity contribution in [1.29, 1.82) is 0 Å². The van der Waals surface area contributed by atoms with E-state index < -0.39 is 5.91 Å². The van der Waals surface area contributed by atoms with Crippen LogP contribution < -0.4 is 15.8 Å². The predicted molar refractivity (Wildman–Crippen MR) is 112 cm³/mol. The molecule has 6 nitrogen and oxygen atoms in total. The van der Waals surface area contributed by atoms with E-state index in [2.05, 4.69) is 15.3 Å². The highest BCUT2D eigenvalue weighted by Crippen LogP contribution is 2.32. The van der Waals surface area contributed by atoms with E-state index in [0.29, 0.717) is 17.3 Å². The Morgan fingerprint density at radius 1 is 0.862 bits per heavy atom. The number of benzene rings is 3. The van der Waals surface area contributed by atoms with E-state index in [1.54, 1.807) is 30.5 Å². The molecule has 4 aromatic rings. The summed E-state index contributed by atoms with van der Waals surface area (Å²) in [6, 6.07) is 25.9. The van der Waals surface area contributed by atoms with Crippen molar-refractivity contribution in [2.45, 2.75) is 0 Å². The second kappa shape index (κ2) is 8.22. The number of nitrogens with one attached hydrogen (secondary N) is 1. The Labute approximate surface area is 168 Å². The predicted octanol–water partition coefficient (Wildman–Crippen LogP) is 4.78. The summed E-state index contributed by atoms with van der Waals surface area (Å²) in [4.78, 5) is 20.1. The van der Waals surface area contributed by atoms with Crippen molar-refractivity contribution in [3.8, 4) is 22.8 Å². The summed E-state index contributed by atoms with van der Waals surface area (Å²) in [5.41, 5.74) is 8.04. The second-order valence-electron chi connectivity index (χ2n) is 6.24. The fraction of sp³-hybridized carbons (Fsp3) is 0. The number of amides is 1. The SMILES string of the molecule is NC(=O)c1ccc(Nc2nccc(-c3ccccc3Oc3ccccc3)n2)cc1. The van der Waals surface area contributed by atoms with Gasteiger partial charge >= 0.3 is 0 Å². The second-order valence-corrected chi connectivity index (χ2v) is 6.24. The summed E-state index contributed by atoms with van der Waals surface area (Å²) >= 11 is 0. The van der Waals surface area contributed by atoms with Gasteiger partial charge in [0.25, 0.3) is 0 Å². The number of rotatable bonds is 6. The van der Waals surface area contributed by atoms with Gasteiger partial charge in [-0.1, -0.05) is 30.3 Å². The number of hydrogen-bond acceptors (Lipinski definition) is 5. The van der Waals surface area contributed by atoms with Crippen LogP contribution >= 0.6 is 0 Å². The Balaban J connectivity index is 1.60. The van der Waals surface area contributed by atoms with Crippen molar-refractivity contribution in [3.63, 3.8) is 0 Å². The van der Waals surface area contributed by atoms with Gasteiger partial charge in [-0.15, -0.1) is 0 Å². The lowest BCUT2D eigenvalue weighted by Crippen LogP contribution is -2.10. The van der Waals surface area contributed by atoms with Crippen molar-refractivity contribution in [1.82, 2.24) is 9.97 Å². The van der Waals surface area contributed by atoms with Crippen molar-refractivity contribution in [2.75, 3.05) is 5.32 Å². The molecular weight excluding hydrogens is 364 g/mol. The Morgan fingerprint density at radius 2 is 1.59 bits per heavy atom. The Hall–Kier alpha value is -4.19. The van der Waals surface area contributed by atoms with Crippen LogP contribution in [0.4, 0.5) is 11.6 Å². The van der Waals surface area contributed by atoms with Crippen molar-refractivity contribution in [3.05, 3.63) is 96.7 Å². The molecule has 1 heterocycles. The average molecular weight is 382 g/mol. The summed E-state index contributed by atoms with van der Waals surface area (Å²) in [5.74, 6) is 1.42. The number of para-hydroxylation sites is 2. The monoisotopic (exact) mass is 382 g/mol. The normalized spacial score (nSPS) is 10.3. The van der Waals surface area contributed by atoms with Gasteiger partial charge in [-0.3, -0.25) is 4.79 Å². The fourth-order valence-corrected chi connectivity index (χ4v) is 2.80. The van der Waals surface area contributed by atoms with Gasteiger partial charge < -0.3 is 15.8 Å². The van der Waals surface area contributed by atoms with Gasteiger partial charge in [0.15, 0.2) is 0 Å². The zero-order valence-electron chi connectivity index (χ0n) is 15.4. The first kappa shape index (κ1) is 18.2. The molecule has 0 bridgehead atoms. The number of carbonyl (C=O) groups excluding carboxylic acids is 1. The zero-order chi connectivity index (χ0) is 20.1. The smallest absolute Gasteiger partial charge is 0.248 e. The molecule has 0 aliphatic rings. The van der Waals surface area contributed by atoms with E-state index in [9.17, 15) is 4.79 Å². The number of ether oxygens (including phenoxy) is 1. The maximum Gasteiger partial charge on any atom is 0.248 e. The molecule has 142 valence electrons. The van der Waals surface area contributed by atoms with Gasteiger partial charge in [-0.05, 0) is 54.6 Å². The van der Waals surface area contributed by atoms with Crippen LogP contribution in [0.15, 0.2) is 91.1 Å². The molecule has 1 amide bonds. The van der Waals surface area contributed by atoms with E-state index in [0.717, 1.165) is 22.7 Å². The van der Waals surface area contributed by atoms with Crippen molar-refractivity contribution >= 4 is 17.5 Å². The summed E-state index contributed by atoms with van der Waals surface area (Å²) in [6.07, 6.45) is 1.68. The van der Waals surface area contributed by atoms with Crippen LogP contribution in [0.2, 0.25) is 0 Å². The number of aromatic nitrogens is 2. The van der Waals surface area contributed by atoms with Crippen LogP contribution in [0, 0.1) is 0 Å². The lowest BCUT2D eigenvalue weighted by molar-refractivity contribution is 0.100. The third kappa shape index (κ3) is 4.39. The molecule has 0 aliphatic heterocycles. The van der Waals surface area contributed by atoms with E-state index in [-0.39, 0.29) is 0 Å². The van der Waals surface area contributed by atoms with Crippen LogP contribution in [0.1, 0.15) is 10.4 Å². The minimum atomic E-state index is -0.468. The molecule has 0 radical (unpaired) electrons. The molecule has 0 atom stereocenters. The zero-order valence-corrected chi connectivity index (χ0v) is 15.4. The molecule has 6 heteroatoms. The minimum absolute atomic E-state index is 0.434. The number of carbonyl (C=O) groups is 1. The maximum atomic E-state index is 11.2. The highest BCUT2D eigenvalue weighted by molar-refractivity contribution is 5.93. The van der Waals surface area contributed by atoms with E-state index in [1.807, 2.05) is 60.7 Å². The van der Waals surface area contributed by atoms with E-state index in [4.69, 9.17) is 10.5 Å². The molecular formula is C23H18N4O2. The van der Waals surface area contributed by atoms with Gasteiger partial charge in [0, 0.05) is 23.0 Å². The highest BCUT2D eigenvalue weighted by atomic mass is 16.5. The third-order valence-electron chi connectivity index (χ3n) is 4.22. The molecule has 0 saturated carbocycles. The largest absolute Gasteiger partial charge is 0.457 e. The minimum Gasteiger partial charge on any atom is -0.457 e. The van der Waals surface area contributed by atoms with Crippen molar-refractivity contribution < 1.29 is 9.53 Å². The topological polar surface area (TPSA) is 90.1 Å². The number of anilines is 2. The first-order valence-electron chi connectivity index (χ1n) is 9.01. The summed E-state index contributed by atoms with van der Waals surface area (Å²) in [7, 11) is 0. The van der Waals surface area contributed by atoms with E-state index in [1.165, 1.54) is 0 Å². The Bertz CT molecular complexity index is 1130. The Morgan fingerprint density at radius 3 is 2.34 bits per heavy atom. The first-order valence-corrected chi connectivity index (χ1v) is 9.01. The lowest BCUT2D eigenvalue weighted by atomic mass is 10.1. The summed E-state index contributed by atoms with van der Waals surface area (Å²) in [6.45, 7) is 0. The van der Waals surface area contributed by atoms with Crippen LogP contribution in [0.3, 0.4) is 0 Å². The van der Waals surface area contributed by atoms with Gasteiger partial charge in [-0.25, -0.2) is 9.97 Å². The first-order chi connectivity index (χ1) is 14.2. The van der Waals surface area contributed by atoms with Crippen LogP contribution in [-0.4, -0.2) is 15.9 Å². The molecule has 29 heavy (non-hydrogen) atoms. The maximum absolute atomic E-state index is 11.2. The molecule has 1 aromatic heterocycles. The average Bonchev–Trinajstić information content (AvgIpc) is 2.75. The lowest BCUT2D eigenvalue weighted by Gasteiger charge is -2.12. The van der Waals surface area contributed by atoms with Gasteiger partial charge in [-0.2, -0.15) is 0 Å². The van der Waals surface area contributed by atoms with Crippen LogP contribution in [-0.2, 0) is 0 Å². The Kier molecular flexibility index (Phi) is 5.16. The van der Waals surface area contributed by atoms with Crippen LogP contribution in [0.5, 0.6) is 11.5 Å². The molecule has 4 rings (SSSR count). The standard InChI is InChI=1S/C23H18N4O2/c24-22(28)16-10-12-17(13-11-16)26-23-25-15-14-20(27-23)19-8-4-5-9-21(19)29-18-6-2-1-3-7-18/h1-15H,(H2,24,28)(H,25,26,27). The number of nitrogens with zero attached hydrogens (tertiary/aromatic N) is 2. The number of nitrogens with two attached hydrogens (primary N) is 1. The summed E-state index contributed by atoms with van der Waals surface area (Å²) < 4.78 is 6.03. The van der Waals surface area contributed by atoms with Gasteiger partial charge in [0.1, 0.15) is 11.5 Å². The van der Waals surface area contributed by atoms with Gasteiger partial charge in [0.05, 0.1) is 5.69 Å². The fourth-order valence-electron chi connectivity index (χ4n) is 2.80. The molecule has 0 aliphatic carbocycles. The molecule has 0 unspecified atom stereocenters. The van der Waals surface area contributed by atoms with Gasteiger partial charge in [0.2, 0.25) is 11.9 Å². The highest BCUT2D eigenvalue weighted by Gasteiger charge is 2.10. The molecule has 3 N–H and O–H groups in total. The molecule has 0 spiro atoms.